The first-order valence-electron chi connectivity index (χ1n) is 16.0. The molecular formula is C37H39Cl2N3O5S. The van der Waals surface area contributed by atoms with Gasteiger partial charge < -0.3 is 15.0 Å². The second kappa shape index (κ2) is 15.9. The van der Waals surface area contributed by atoms with E-state index in [1.54, 1.807) is 61.5 Å². The maximum absolute atomic E-state index is 14.3. The number of rotatable bonds is 12. The summed E-state index contributed by atoms with van der Waals surface area (Å²) in [6.07, 6.45) is 4.96. The van der Waals surface area contributed by atoms with Crippen LogP contribution in [-0.4, -0.2) is 43.8 Å². The maximum atomic E-state index is 14.3. The first kappa shape index (κ1) is 35.3. The third-order valence-corrected chi connectivity index (χ3v) is 11.0. The second-order valence-electron chi connectivity index (χ2n) is 12.0. The molecule has 8 nitrogen and oxygen atoms in total. The van der Waals surface area contributed by atoms with E-state index >= 15 is 0 Å². The van der Waals surface area contributed by atoms with Gasteiger partial charge in [0, 0.05) is 12.6 Å². The minimum Gasteiger partial charge on any atom is -0.457 e. The van der Waals surface area contributed by atoms with Crippen molar-refractivity contribution in [1.29, 1.82) is 0 Å². The van der Waals surface area contributed by atoms with E-state index < -0.39 is 28.5 Å². The van der Waals surface area contributed by atoms with Gasteiger partial charge in [-0.3, -0.25) is 13.9 Å². The molecule has 1 atom stereocenters. The highest BCUT2D eigenvalue weighted by Gasteiger charge is 2.33. The summed E-state index contributed by atoms with van der Waals surface area (Å²) in [5, 5.41) is 3.77. The van der Waals surface area contributed by atoms with Crippen LogP contribution in [0.5, 0.6) is 11.5 Å². The molecule has 48 heavy (non-hydrogen) atoms. The molecule has 1 N–H and O–H groups in total. The number of ether oxygens (including phenoxy) is 1. The van der Waals surface area contributed by atoms with Gasteiger partial charge in [0.2, 0.25) is 11.8 Å². The molecule has 1 fully saturated rings. The number of nitrogens with zero attached hydrogens (tertiary/aromatic N) is 2. The molecule has 0 radical (unpaired) electrons. The molecule has 0 aromatic heterocycles. The number of amides is 2. The zero-order valence-electron chi connectivity index (χ0n) is 26.9. The summed E-state index contributed by atoms with van der Waals surface area (Å²) in [6.45, 7) is 2.97. The lowest BCUT2D eigenvalue weighted by atomic mass is 9.95. The van der Waals surface area contributed by atoms with Gasteiger partial charge in [-0.25, -0.2) is 8.42 Å². The third-order valence-electron chi connectivity index (χ3n) is 8.45. The average Bonchev–Trinajstić information content (AvgIpc) is 3.08. The molecule has 4 aromatic carbocycles. The van der Waals surface area contributed by atoms with Crippen LogP contribution < -0.4 is 14.4 Å². The number of hydrogen-bond acceptors (Lipinski definition) is 5. The summed E-state index contributed by atoms with van der Waals surface area (Å²) in [5.41, 5.74) is 1.80. The molecule has 5 rings (SSSR count). The van der Waals surface area contributed by atoms with Gasteiger partial charge in [-0.2, -0.15) is 0 Å². The summed E-state index contributed by atoms with van der Waals surface area (Å²) in [5.74, 6) is 0.263. The fourth-order valence-corrected chi connectivity index (χ4v) is 7.39. The minimum atomic E-state index is -4.22. The first-order valence-corrected chi connectivity index (χ1v) is 18.2. The molecule has 0 saturated heterocycles. The fourth-order valence-electron chi connectivity index (χ4n) is 5.66. The minimum absolute atomic E-state index is 0.0112. The lowest BCUT2D eigenvalue weighted by molar-refractivity contribution is -0.139. The normalized spacial score (nSPS) is 14.2. The summed E-state index contributed by atoms with van der Waals surface area (Å²) >= 11 is 12.5. The molecule has 11 heteroatoms. The average molecular weight is 709 g/mol. The number of para-hydroxylation sites is 1. The molecule has 0 heterocycles. The number of anilines is 1. The van der Waals surface area contributed by atoms with Gasteiger partial charge >= 0.3 is 0 Å². The molecule has 1 aliphatic rings. The zero-order valence-corrected chi connectivity index (χ0v) is 29.3. The predicted octanol–water partition coefficient (Wildman–Crippen LogP) is 8.16. The quantitative estimate of drug-likeness (QED) is 0.160. The lowest BCUT2D eigenvalue weighted by Gasteiger charge is -2.33. The van der Waals surface area contributed by atoms with E-state index in [4.69, 9.17) is 27.9 Å². The van der Waals surface area contributed by atoms with Crippen LogP contribution in [-0.2, 0) is 26.2 Å². The van der Waals surface area contributed by atoms with Crippen molar-refractivity contribution in [1.82, 2.24) is 10.2 Å². The Morgan fingerprint density at radius 3 is 2.15 bits per heavy atom. The Bertz CT molecular complexity index is 1810. The van der Waals surface area contributed by atoms with E-state index in [0.717, 1.165) is 42.0 Å². The van der Waals surface area contributed by atoms with Gasteiger partial charge in [-0.05, 0) is 92.9 Å². The van der Waals surface area contributed by atoms with Crippen LogP contribution in [0.3, 0.4) is 0 Å². The highest BCUT2D eigenvalue weighted by Crippen LogP contribution is 2.29. The summed E-state index contributed by atoms with van der Waals surface area (Å²) in [7, 11) is -4.22. The topological polar surface area (TPSA) is 96.0 Å². The van der Waals surface area contributed by atoms with E-state index in [2.05, 4.69) is 5.32 Å². The van der Waals surface area contributed by atoms with E-state index in [-0.39, 0.29) is 29.1 Å². The van der Waals surface area contributed by atoms with Gasteiger partial charge in [-0.1, -0.05) is 84.4 Å². The molecular weight excluding hydrogens is 669 g/mol. The van der Waals surface area contributed by atoms with Crippen molar-refractivity contribution in [2.45, 2.75) is 69.5 Å². The summed E-state index contributed by atoms with van der Waals surface area (Å²) < 4.78 is 35.4. The Balaban J connectivity index is 1.47. The van der Waals surface area contributed by atoms with Gasteiger partial charge in [-0.15, -0.1) is 0 Å². The number of hydrogen-bond donors (Lipinski definition) is 1. The number of halogens is 2. The monoisotopic (exact) mass is 707 g/mol. The molecule has 0 aliphatic heterocycles. The van der Waals surface area contributed by atoms with E-state index in [1.807, 2.05) is 37.3 Å². The van der Waals surface area contributed by atoms with E-state index in [0.29, 0.717) is 27.1 Å². The molecule has 2 amide bonds. The van der Waals surface area contributed by atoms with Crippen LogP contribution >= 0.6 is 23.2 Å². The number of sulfonamides is 1. The number of nitrogens with one attached hydrogen (secondary N) is 1. The van der Waals surface area contributed by atoms with Crippen LogP contribution in [0.25, 0.3) is 0 Å². The standard InChI is InChI=1S/C37H39Cl2N3O5S/c1-26-13-20-33(21-14-26)48(45,46)42(30-16-18-32(19-17-30)47-31-11-7-4-8-12-31)25-36(43)41(24-28-15-22-34(38)35(39)23-28)27(2)37(44)40-29-9-5-3-6-10-29/h4,7-8,11-23,27,29H,3,5-6,9-10,24-25H2,1-2H3,(H,40,44)/t27-/m1/s1. The van der Waals surface area contributed by atoms with Crippen molar-refractivity contribution in [3.63, 3.8) is 0 Å². The van der Waals surface area contributed by atoms with Gasteiger partial charge in [0.25, 0.3) is 10.0 Å². The SMILES string of the molecule is Cc1ccc(S(=O)(=O)N(CC(=O)N(Cc2ccc(Cl)c(Cl)c2)[C@H](C)C(=O)NC2CCCCC2)c2ccc(Oc3ccccc3)cc2)cc1. The van der Waals surface area contributed by atoms with Crippen molar-refractivity contribution in [2.24, 2.45) is 0 Å². The Morgan fingerprint density at radius 1 is 0.854 bits per heavy atom. The van der Waals surface area contributed by atoms with Crippen LogP contribution in [0.4, 0.5) is 5.69 Å². The van der Waals surface area contributed by atoms with Crippen LogP contribution in [0, 0.1) is 6.92 Å². The Morgan fingerprint density at radius 2 is 1.50 bits per heavy atom. The zero-order chi connectivity index (χ0) is 34.3. The van der Waals surface area contributed by atoms with Crippen LogP contribution in [0.2, 0.25) is 10.0 Å². The molecule has 4 aromatic rings. The first-order chi connectivity index (χ1) is 23.0. The Kier molecular flexibility index (Phi) is 11.7. The van der Waals surface area contributed by atoms with Crippen molar-refractivity contribution in [3.8, 4) is 11.5 Å². The molecule has 0 bridgehead atoms. The molecule has 1 saturated carbocycles. The third kappa shape index (κ3) is 8.89. The number of aryl methyl sites for hydroxylation is 1. The maximum Gasteiger partial charge on any atom is 0.264 e. The summed E-state index contributed by atoms with van der Waals surface area (Å²) in [6, 6.07) is 26.3. The lowest BCUT2D eigenvalue weighted by Crippen LogP contribution is -2.53. The van der Waals surface area contributed by atoms with Crippen LogP contribution in [0.15, 0.2) is 102 Å². The highest BCUT2D eigenvalue weighted by molar-refractivity contribution is 7.92. The van der Waals surface area contributed by atoms with Gasteiger partial charge in [0.15, 0.2) is 0 Å². The predicted molar refractivity (Wildman–Crippen MR) is 190 cm³/mol. The second-order valence-corrected chi connectivity index (χ2v) is 14.7. The van der Waals surface area contributed by atoms with Crippen molar-refractivity contribution in [2.75, 3.05) is 10.8 Å². The molecule has 252 valence electrons. The Labute approximate surface area is 292 Å². The number of benzene rings is 4. The van der Waals surface area contributed by atoms with Crippen molar-refractivity contribution >= 4 is 50.7 Å². The molecule has 1 aliphatic carbocycles. The Hall–Kier alpha value is -4.05. The van der Waals surface area contributed by atoms with Crippen LogP contribution in [0.1, 0.15) is 50.2 Å². The fraction of sp³-hybridized carbons (Fsp3) is 0.297. The molecule has 0 spiro atoms. The van der Waals surface area contributed by atoms with Gasteiger partial charge in [0.1, 0.15) is 24.1 Å². The number of carbonyl (C=O) groups excluding carboxylic acids is 2. The molecule has 0 unspecified atom stereocenters. The van der Waals surface area contributed by atoms with Gasteiger partial charge in [0.05, 0.1) is 20.6 Å². The number of carbonyl (C=O) groups is 2. The van der Waals surface area contributed by atoms with E-state index in [9.17, 15) is 18.0 Å². The largest absolute Gasteiger partial charge is 0.457 e. The smallest absolute Gasteiger partial charge is 0.264 e. The van der Waals surface area contributed by atoms with E-state index in [1.165, 1.54) is 17.0 Å². The van der Waals surface area contributed by atoms with Crippen molar-refractivity contribution < 1.29 is 22.7 Å². The van der Waals surface area contributed by atoms with Crippen molar-refractivity contribution in [3.05, 3.63) is 118 Å². The highest BCUT2D eigenvalue weighted by atomic mass is 35.5. The summed E-state index contributed by atoms with van der Waals surface area (Å²) in [4.78, 5) is 29.3.